The molecule has 0 atom stereocenters. The molecular formula is C21H25N3O4S2. The first-order valence-corrected chi connectivity index (χ1v) is 12.0. The van der Waals surface area contributed by atoms with Crippen LogP contribution < -0.4 is 5.32 Å². The third-order valence-electron chi connectivity index (χ3n) is 4.60. The van der Waals surface area contributed by atoms with Crippen LogP contribution in [0.3, 0.4) is 0 Å². The van der Waals surface area contributed by atoms with E-state index in [1.165, 1.54) is 15.6 Å². The lowest BCUT2D eigenvalue weighted by Gasteiger charge is -2.18. The van der Waals surface area contributed by atoms with Crippen molar-refractivity contribution < 1.29 is 17.6 Å². The van der Waals surface area contributed by atoms with Gasteiger partial charge in [-0.25, -0.2) is 13.4 Å². The Morgan fingerprint density at radius 1 is 1.13 bits per heavy atom. The van der Waals surface area contributed by atoms with E-state index in [0.29, 0.717) is 31.1 Å². The minimum absolute atomic E-state index is 0.151. The lowest BCUT2D eigenvalue weighted by molar-refractivity contribution is -0.120. The fraction of sp³-hybridized carbons (Fsp3) is 0.333. The molecule has 1 amide bonds. The van der Waals surface area contributed by atoms with Crippen LogP contribution in [0.4, 0.5) is 0 Å². The third-order valence-corrected chi connectivity index (χ3v) is 7.57. The molecule has 1 N–H and O–H groups in total. The summed E-state index contributed by atoms with van der Waals surface area (Å²) in [5, 5.41) is 5.44. The van der Waals surface area contributed by atoms with Crippen LogP contribution in [-0.4, -0.2) is 36.7 Å². The molecule has 160 valence electrons. The summed E-state index contributed by atoms with van der Waals surface area (Å²) in [6, 6.07) is 10.3. The van der Waals surface area contributed by atoms with E-state index in [1.54, 1.807) is 24.3 Å². The molecule has 0 aliphatic rings. The highest BCUT2D eigenvalue weighted by molar-refractivity contribution is 7.89. The van der Waals surface area contributed by atoms with Crippen LogP contribution in [0, 0.1) is 6.92 Å². The number of hydrogen-bond acceptors (Lipinski definition) is 6. The third kappa shape index (κ3) is 5.16. The Balaban J connectivity index is 1.56. The first-order valence-electron chi connectivity index (χ1n) is 9.70. The number of furan rings is 1. The van der Waals surface area contributed by atoms with Gasteiger partial charge in [-0.2, -0.15) is 4.31 Å². The van der Waals surface area contributed by atoms with E-state index in [4.69, 9.17) is 4.42 Å². The number of benzene rings is 1. The molecule has 30 heavy (non-hydrogen) atoms. The van der Waals surface area contributed by atoms with Gasteiger partial charge in [-0.3, -0.25) is 4.79 Å². The monoisotopic (exact) mass is 447 g/mol. The van der Waals surface area contributed by atoms with Gasteiger partial charge in [0.1, 0.15) is 5.76 Å². The van der Waals surface area contributed by atoms with Crippen LogP contribution in [0.25, 0.3) is 10.8 Å². The molecule has 7 nitrogen and oxygen atoms in total. The van der Waals surface area contributed by atoms with E-state index >= 15 is 0 Å². The molecule has 0 saturated heterocycles. The molecule has 0 bridgehead atoms. The Labute approximate surface area is 180 Å². The molecule has 0 unspecified atom stereocenters. The van der Waals surface area contributed by atoms with Crippen LogP contribution >= 0.6 is 11.3 Å². The zero-order chi connectivity index (χ0) is 21.7. The summed E-state index contributed by atoms with van der Waals surface area (Å²) in [6.07, 6.45) is 0.171. The summed E-state index contributed by atoms with van der Waals surface area (Å²) in [7, 11) is -3.48. The summed E-state index contributed by atoms with van der Waals surface area (Å²) in [6.45, 7) is 6.66. The van der Waals surface area contributed by atoms with Gasteiger partial charge in [-0.1, -0.05) is 26.0 Å². The highest BCUT2D eigenvalue weighted by Crippen LogP contribution is 2.25. The first kappa shape index (κ1) is 22.2. The minimum Gasteiger partial charge on any atom is -0.459 e. The van der Waals surface area contributed by atoms with Gasteiger partial charge in [0.25, 0.3) is 0 Å². The van der Waals surface area contributed by atoms with Crippen molar-refractivity contribution in [2.45, 2.75) is 38.6 Å². The first-order chi connectivity index (χ1) is 14.3. The van der Waals surface area contributed by atoms with Gasteiger partial charge >= 0.3 is 0 Å². The average Bonchev–Trinajstić information content (AvgIpc) is 3.36. The SMILES string of the molecule is CCN(CC)S(=O)(=O)c1ccc(CNC(=O)Cc2csc(-c3ccc(C)o3)n2)cc1. The van der Waals surface area contributed by atoms with Crippen molar-refractivity contribution in [3.63, 3.8) is 0 Å². The number of aromatic nitrogens is 1. The van der Waals surface area contributed by atoms with Crippen molar-refractivity contribution >= 4 is 27.3 Å². The van der Waals surface area contributed by atoms with Gasteiger partial charge in [0.2, 0.25) is 15.9 Å². The molecule has 0 fully saturated rings. The van der Waals surface area contributed by atoms with Crippen molar-refractivity contribution in [1.29, 1.82) is 0 Å². The average molecular weight is 448 g/mol. The molecule has 0 aliphatic heterocycles. The molecule has 3 rings (SSSR count). The maximum atomic E-state index is 12.5. The maximum absolute atomic E-state index is 12.5. The van der Waals surface area contributed by atoms with Crippen molar-refractivity contribution in [3.05, 3.63) is 58.8 Å². The van der Waals surface area contributed by atoms with E-state index in [-0.39, 0.29) is 17.2 Å². The number of nitrogens with one attached hydrogen (secondary N) is 1. The summed E-state index contributed by atoms with van der Waals surface area (Å²) in [5.74, 6) is 1.36. The van der Waals surface area contributed by atoms with Crippen LogP contribution in [0.2, 0.25) is 0 Å². The molecule has 0 aliphatic carbocycles. The summed E-state index contributed by atoms with van der Waals surface area (Å²) in [5.41, 5.74) is 1.51. The summed E-state index contributed by atoms with van der Waals surface area (Å²) < 4.78 is 32.0. The van der Waals surface area contributed by atoms with Gasteiger partial charge in [-0.15, -0.1) is 11.3 Å². The highest BCUT2D eigenvalue weighted by atomic mass is 32.2. The number of aryl methyl sites for hydroxylation is 1. The number of carbonyl (C=O) groups is 1. The number of hydrogen-bond donors (Lipinski definition) is 1. The number of rotatable bonds is 9. The molecular weight excluding hydrogens is 422 g/mol. The largest absolute Gasteiger partial charge is 0.459 e. The van der Waals surface area contributed by atoms with Crippen LogP contribution in [-0.2, 0) is 27.8 Å². The van der Waals surface area contributed by atoms with Crippen LogP contribution in [0.1, 0.15) is 30.9 Å². The fourth-order valence-corrected chi connectivity index (χ4v) is 5.21. The van der Waals surface area contributed by atoms with Gasteiger partial charge in [0.05, 0.1) is 17.0 Å². The number of sulfonamides is 1. The maximum Gasteiger partial charge on any atom is 0.243 e. The number of amides is 1. The van der Waals surface area contributed by atoms with Crippen molar-refractivity contribution in [2.75, 3.05) is 13.1 Å². The van der Waals surface area contributed by atoms with Crippen molar-refractivity contribution in [3.8, 4) is 10.8 Å². The Morgan fingerprint density at radius 2 is 1.83 bits per heavy atom. The van der Waals surface area contributed by atoms with Crippen molar-refractivity contribution in [2.24, 2.45) is 0 Å². The molecule has 0 saturated carbocycles. The van der Waals surface area contributed by atoms with Crippen molar-refractivity contribution in [1.82, 2.24) is 14.6 Å². The van der Waals surface area contributed by atoms with E-state index in [2.05, 4.69) is 10.3 Å². The molecule has 2 heterocycles. The zero-order valence-electron chi connectivity index (χ0n) is 17.2. The number of thiazole rings is 1. The molecule has 2 aromatic heterocycles. The Hall–Kier alpha value is -2.49. The molecule has 0 spiro atoms. The molecule has 3 aromatic rings. The second kappa shape index (κ2) is 9.55. The topological polar surface area (TPSA) is 92.5 Å². The quantitative estimate of drug-likeness (QED) is 0.541. The summed E-state index contributed by atoms with van der Waals surface area (Å²) in [4.78, 5) is 17.0. The number of nitrogens with zero attached hydrogens (tertiary/aromatic N) is 2. The van der Waals surface area contributed by atoms with E-state index in [0.717, 1.165) is 16.3 Å². The predicted octanol–water partition coefficient (Wildman–Crippen LogP) is 3.60. The van der Waals surface area contributed by atoms with E-state index < -0.39 is 10.0 Å². The molecule has 9 heteroatoms. The lowest BCUT2D eigenvalue weighted by atomic mass is 10.2. The fourth-order valence-electron chi connectivity index (χ4n) is 2.97. The van der Waals surface area contributed by atoms with Crippen LogP contribution in [0.5, 0.6) is 0 Å². The van der Waals surface area contributed by atoms with Gasteiger partial charge < -0.3 is 9.73 Å². The van der Waals surface area contributed by atoms with E-state index in [9.17, 15) is 13.2 Å². The minimum atomic E-state index is -3.48. The Morgan fingerprint density at radius 3 is 2.43 bits per heavy atom. The van der Waals surface area contributed by atoms with Gasteiger partial charge in [0.15, 0.2) is 10.8 Å². The Bertz CT molecular complexity index is 1100. The zero-order valence-corrected chi connectivity index (χ0v) is 18.8. The van der Waals surface area contributed by atoms with Crippen LogP contribution in [0.15, 0.2) is 51.1 Å². The summed E-state index contributed by atoms with van der Waals surface area (Å²) >= 11 is 1.44. The normalized spacial score (nSPS) is 11.7. The highest BCUT2D eigenvalue weighted by Gasteiger charge is 2.21. The standard InChI is InChI=1S/C21H25N3O4S2/c1-4-24(5-2)30(26,27)18-9-7-16(8-10-18)13-22-20(25)12-17-14-29-21(23-17)19-11-6-15(3)28-19/h6-11,14H,4-5,12-13H2,1-3H3,(H,22,25). The number of carbonyl (C=O) groups excluding carboxylic acids is 1. The lowest BCUT2D eigenvalue weighted by Crippen LogP contribution is -2.30. The smallest absolute Gasteiger partial charge is 0.243 e. The van der Waals surface area contributed by atoms with Gasteiger partial charge in [-0.05, 0) is 36.8 Å². The predicted molar refractivity (Wildman–Crippen MR) is 117 cm³/mol. The molecule has 1 aromatic carbocycles. The van der Waals surface area contributed by atoms with E-state index in [1.807, 2.05) is 38.3 Å². The Kier molecular flexibility index (Phi) is 7.06. The molecule has 0 radical (unpaired) electrons. The van der Waals surface area contributed by atoms with Gasteiger partial charge in [0, 0.05) is 25.0 Å². The second-order valence-electron chi connectivity index (χ2n) is 6.74. The second-order valence-corrected chi connectivity index (χ2v) is 9.54.